The minimum atomic E-state index is 0.859. The number of aromatic nitrogens is 4. The molecule has 258 valence electrons. The van der Waals surface area contributed by atoms with E-state index in [1.54, 1.807) is 0 Å². The van der Waals surface area contributed by atoms with Crippen LogP contribution in [0, 0.1) is 27.7 Å². The highest BCUT2D eigenvalue weighted by atomic mass is 15.0. The predicted molar refractivity (Wildman–Crippen MR) is 226 cm³/mol. The molecule has 0 aliphatic rings. The Kier molecular flexibility index (Phi) is 7.34. The summed E-state index contributed by atoms with van der Waals surface area (Å²) in [5.74, 6) is 0. The van der Waals surface area contributed by atoms with Crippen LogP contribution in [0.1, 0.15) is 22.3 Å². The van der Waals surface area contributed by atoms with Crippen LogP contribution in [-0.2, 0) is 0 Å². The maximum Gasteiger partial charge on any atom is 0.0894 e. The van der Waals surface area contributed by atoms with Crippen LogP contribution >= 0.6 is 0 Å². The molecule has 6 aromatic carbocycles. The number of para-hydroxylation sites is 4. The Balaban J connectivity index is 1.05. The van der Waals surface area contributed by atoms with Crippen LogP contribution in [0.4, 0.5) is 0 Å². The molecule has 0 radical (unpaired) electrons. The van der Waals surface area contributed by atoms with Crippen LogP contribution in [-0.4, -0.2) is 19.1 Å². The maximum atomic E-state index is 5.34. The van der Waals surface area contributed by atoms with Gasteiger partial charge in [0.2, 0.25) is 0 Å². The summed E-state index contributed by atoms with van der Waals surface area (Å²) in [6, 6.07) is 56.6. The largest absolute Gasteiger partial charge is 0.309 e. The SMILES string of the molecule is Cc1cc(-n2c3ccccc3c3ccccc32)ccc1-c1nc(-c2ccc(C)c(-c3cc(-n4c5ccccc5c5ccccc54)ccc3C)n2)ccc1C. The number of hydrogen-bond donors (Lipinski definition) is 0. The van der Waals surface area contributed by atoms with Crippen LogP contribution in [0.3, 0.4) is 0 Å². The van der Waals surface area contributed by atoms with Crippen LogP contribution in [0.25, 0.3) is 88.9 Å². The summed E-state index contributed by atoms with van der Waals surface area (Å²) in [5.41, 5.74) is 17.6. The molecule has 4 heterocycles. The third-order valence-corrected chi connectivity index (χ3v) is 11.1. The van der Waals surface area contributed by atoms with Crippen LogP contribution in [0.15, 0.2) is 158 Å². The molecule has 0 aliphatic heterocycles. The molecule has 0 saturated carbocycles. The predicted octanol–water partition coefficient (Wildman–Crippen LogP) is 12.9. The first-order valence-corrected chi connectivity index (χ1v) is 18.6. The molecule has 10 aromatic rings. The molecule has 4 nitrogen and oxygen atoms in total. The maximum absolute atomic E-state index is 5.34. The zero-order valence-electron chi connectivity index (χ0n) is 30.8. The monoisotopic (exact) mass is 694 g/mol. The number of aryl methyl sites for hydroxylation is 4. The lowest BCUT2D eigenvalue weighted by atomic mass is 9.99. The molecular formula is C50H38N4. The van der Waals surface area contributed by atoms with E-state index in [2.05, 4.69) is 195 Å². The second-order valence-electron chi connectivity index (χ2n) is 14.5. The number of hydrogen-bond acceptors (Lipinski definition) is 2. The Morgan fingerprint density at radius 3 is 1.19 bits per heavy atom. The van der Waals surface area contributed by atoms with E-state index in [-0.39, 0.29) is 0 Å². The second-order valence-corrected chi connectivity index (χ2v) is 14.5. The number of pyridine rings is 2. The van der Waals surface area contributed by atoms with Gasteiger partial charge in [-0.05, 0) is 111 Å². The molecule has 0 amide bonds. The summed E-state index contributed by atoms with van der Waals surface area (Å²) in [6.45, 7) is 8.65. The molecule has 0 bridgehead atoms. The summed E-state index contributed by atoms with van der Waals surface area (Å²) in [7, 11) is 0. The lowest BCUT2D eigenvalue weighted by Crippen LogP contribution is -2.00. The van der Waals surface area contributed by atoms with Crippen molar-refractivity contribution in [2.75, 3.05) is 0 Å². The van der Waals surface area contributed by atoms with Crippen molar-refractivity contribution in [1.29, 1.82) is 0 Å². The molecular weight excluding hydrogens is 657 g/mol. The van der Waals surface area contributed by atoms with Crippen molar-refractivity contribution in [2.45, 2.75) is 27.7 Å². The van der Waals surface area contributed by atoms with E-state index < -0.39 is 0 Å². The quantitative estimate of drug-likeness (QED) is 0.180. The Hall–Kier alpha value is -6.78. The van der Waals surface area contributed by atoms with Crippen molar-refractivity contribution in [1.82, 2.24) is 19.1 Å². The molecule has 10 rings (SSSR count). The summed E-state index contributed by atoms with van der Waals surface area (Å²) < 4.78 is 4.74. The van der Waals surface area contributed by atoms with Crippen LogP contribution in [0.5, 0.6) is 0 Å². The van der Waals surface area contributed by atoms with Gasteiger partial charge in [0.15, 0.2) is 0 Å². The molecule has 0 spiro atoms. The van der Waals surface area contributed by atoms with Crippen molar-refractivity contribution >= 4 is 43.6 Å². The zero-order chi connectivity index (χ0) is 36.5. The fraction of sp³-hybridized carbons (Fsp3) is 0.0800. The first-order chi connectivity index (χ1) is 26.4. The Labute approximate surface area is 314 Å². The Bertz CT molecular complexity index is 3000. The van der Waals surface area contributed by atoms with Crippen LogP contribution < -0.4 is 0 Å². The van der Waals surface area contributed by atoms with Crippen molar-refractivity contribution in [3.63, 3.8) is 0 Å². The summed E-state index contributed by atoms with van der Waals surface area (Å²) in [4.78, 5) is 10.6. The van der Waals surface area contributed by atoms with Crippen molar-refractivity contribution in [3.8, 4) is 45.3 Å². The van der Waals surface area contributed by atoms with E-state index >= 15 is 0 Å². The second kappa shape index (κ2) is 12.4. The highest BCUT2D eigenvalue weighted by molar-refractivity contribution is 6.10. The van der Waals surface area contributed by atoms with E-state index in [1.807, 2.05) is 0 Å². The van der Waals surface area contributed by atoms with Crippen LogP contribution in [0.2, 0.25) is 0 Å². The van der Waals surface area contributed by atoms with Gasteiger partial charge in [0.25, 0.3) is 0 Å². The minimum Gasteiger partial charge on any atom is -0.309 e. The molecule has 4 heteroatoms. The van der Waals surface area contributed by atoms with Gasteiger partial charge in [0.1, 0.15) is 0 Å². The fourth-order valence-corrected chi connectivity index (χ4v) is 8.35. The van der Waals surface area contributed by atoms with Gasteiger partial charge in [-0.25, -0.2) is 9.97 Å². The Morgan fingerprint density at radius 2 is 0.722 bits per heavy atom. The topological polar surface area (TPSA) is 35.6 Å². The number of benzene rings is 6. The van der Waals surface area contributed by atoms with Crippen molar-refractivity contribution in [2.24, 2.45) is 0 Å². The molecule has 0 atom stereocenters. The molecule has 0 aliphatic carbocycles. The molecule has 0 unspecified atom stereocenters. The number of fused-ring (bicyclic) bond motifs is 6. The van der Waals surface area contributed by atoms with Gasteiger partial charge in [0.05, 0.1) is 44.8 Å². The lowest BCUT2D eigenvalue weighted by molar-refractivity contribution is 1.16. The van der Waals surface area contributed by atoms with Gasteiger partial charge in [-0.15, -0.1) is 0 Å². The molecule has 0 N–H and O–H groups in total. The van der Waals surface area contributed by atoms with Crippen molar-refractivity contribution in [3.05, 3.63) is 180 Å². The van der Waals surface area contributed by atoms with Gasteiger partial charge in [-0.3, -0.25) is 0 Å². The average Bonchev–Trinajstić information content (AvgIpc) is 3.72. The van der Waals surface area contributed by atoms with Gasteiger partial charge < -0.3 is 9.13 Å². The molecule has 0 fully saturated rings. The highest BCUT2D eigenvalue weighted by Crippen LogP contribution is 2.37. The van der Waals surface area contributed by atoms with Gasteiger partial charge in [0, 0.05) is 44.0 Å². The first kappa shape index (κ1) is 31.9. The van der Waals surface area contributed by atoms with Crippen molar-refractivity contribution < 1.29 is 0 Å². The summed E-state index contributed by atoms with van der Waals surface area (Å²) >= 11 is 0. The summed E-state index contributed by atoms with van der Waals surface area (Å²) in [5, 5.41) is 5.03. The van der Waals surface area contributed by atoms with E-state index in [0.717, 1.165) is 56.4 Å². The smallest absolute Gasteiger partial charge is 0.0894 e. The zero-order valence-corrected chi connectivity index (χ0v) is 30.8. The first-order valence-electron chi connectivity index (χ1n) is 18.6. The van der Waals surface area contributed by atoms with Gasteiger partial charge in [-0.1, -0.05) is 97.1 Å². The van der Waals surface area contributed by atoms with E-state index in [1.165, 1.54) is 54.7 Å². The normalized spacial score (nSPS) is 11.7. The highest BCUT2D eigenvalue weighted by Gasteiger charge is 2.18. The van der Waals surface area contributed by atoms with E-state index in [4.69, 9.17) is 9.97 Å². The average molecular weight is 695 g/mol. The summed E-state index contributed by atoms with van der Waals surface area (Å²) in [6.07, 6.45) is 0. The standard InChI is InChI=1S/C50H38N4/c1-31-21-24-36(54-47-19-11-7-15-40(47)41-16-8-12-20-48(41)54)30-42(31)50-33(3)23-28-44(52-50)43-27-22-32(2)49(51-43)37-26-25-35(29-34(37)4)53-45-17-9-5-13-38(45)39-14-6-10-18-46(39)53/h5-30H,1-4H3. The van der Waals surface area contributed by atoms with E-state index in [0.29, 0.717) is 0 Å². The lowest BCUT2D eigenvalue weighted by Gasteiger charge is -2.16. The van der Waals surface area contributed by atoms with E-state index in [9.17, 15) is 0 Å². The molecule has 54 heavy (non-hydrogen) atoms. The third-order valence-electron chi connectivity index (χ3n) is 11.1. The number of nitrogens with zero attached hydrogens (tertiary/aromatic N) is 4. The third kappa shape index (κ3) is 4.98. The molecule has 4 aromatic heterocycles. The number of rotatable bonds is 5. The van der Waals surface area contributed by atoms with Gasteiger partial charge in [-0.2, -0.15) is 0 Å². The minimum absolute atomic E-state index is 0.859. The molecule has 0 saturated heterocycles. The fourth-order valence-electron chi connectivity index (χ4n) is 8.35. The Morgan fingerprint density at radius 1 is 0.333 bits per heavy atom. The van der Waals surface area contributed by atoms with Gasteiger partial charge >= 0.3 is 0 Å².